The minimum absolute atomic E-state index is 0.270. The van der Waals surface area contributed by atoms with Crippen LogP contribution in [0, 0.1) is 16.7 Å². The fourth-order valence-corrected chi connectivity index (χ4v) is 4.34. The molecule has 96 valence electrons. The SMILES string of the molecule is C/C=C/C1=C[C@@]2(C)CC[C@H](Cl)C(C)(C)[C@@H]2CC1. The Morgan fingerprint density at radius 3 is 2.65 bits per heavy atom. The van der Waals surface area contributed by atoms with E-state index in [2.05, 4.69) is 45.9 Å². The Hall–Kier alpha value is -0.230. The molecule has 0 saturated heterocycles. The van der Waals surface area contributed by atoms with Gasteiger partial charge >= 0.3 is 0 Å². The van der Waals surface area contributed by atoms with Crippen LogP contribution in [0.4, 0.5) is 0 Å². The predicted molar refractivity (Wildman–Crippen MR) is 76.4 cm³/mol. The molecule has 0 bridgehead atoms. The summed E-state index contributed by atoms with van der Waals surface area (Å²) in [5, 5.41) is 0.345. The molecule has 0 aromatic heterocycles. The van der Waals surface area contributed by atoms with Crippen LogP contribution in [0.5, 0.6) is 0 Å². The summed E-state index contributed by atoms with van der Waals surface area (Å²) in [7, 11) is 0. The van der Waals surface area contributed by atoms with Gasteiger partial charge < -0.3 is 0 Å². The molecule has 0 heterocycles. The first-order valence-corrected chi connectivity index (χ1v) is 7.32. The van der Waals surface area contributed by atoms with Crippen molar-refractivity contribution in [2.24, 2.45) is 16.7 Å². The van der Waals surface area contributed by atoms with Crippen molar-refractivity contribution < 1.29 is 0 Å². The molecule has 0 nitrogen and oxygen atoms in total. The second-order valence-electron chi connectivity index (χ2n) is 6.64. The lowest BCUT2D eigenvalue weighted by Gasteiger charge is -2.54. The Bertz CT molecular complexity index is 351. The van der Waals surface area contributed by atoms with Gasteiger partial charge in [-0.15, -0.1) is 11.6 Å². The molecule has 17 heavy (non-hydrogen) atoms. The highest BCUT2D eigenvalue weighted by Crippen LogP contribution is 2.57. The van der Waals surface area contributed by atoms with E-state index in [-0.39, 0.29) is 5.41 Å². The summed E-state index contributed by atoms with van der Waals surface area (Å²) in [6.07, 6.45) is 11.9. The quantitative estimate of drug-likeness (QED) is 0.553. The maximum absolute atomic E-state index is 6.55. The summed E-state index contributed by atoms with van der Waals surface area (Å²) < 4.78 is 0. The van der Waals surface area contributed by atoms with Crippen molar-refractivity contribution in [3.63, 3.8) is 0 Å². The highest BCUT2D eigenvalue weighted by Gasteiger charge is 2.50. The molecular formula is C16H25Cl. The Morgan fingerprint density at radius 2 is 2.00 bits per heavy atom. The van der Waals surface area contributed by atoms with Crippen LogP contribution < -0.4 is 0 Å². The van der Waals surface area contributed by atoms with Crippen molar-refractivity contribution in [1.82, 2.24) is 0 Å². The van der Waals surface area contributed by atoms with E-state index in [0.29, 0.717) is 10.8 Å². The van der Waals surface area contributed by atoms with Crippen molar-refractivity contribution >= 4 is 11.6 Å². The molecule has 1 saturated carbocycles. The molecule has 0 N–H and O–H groups in total. The molecule has 2 aliphatic rings. The van der Waals surface area contributed by atoms with Gasteiger partial charge in [0.15, 0.2) is 0 Å². The van der Waals surface area contributed by atoms with Crippen molar-refractivity contribution in [1.29, 1.82) is 0 Å². The lowest BCUT2D eigenvalue weighted by atomic mass is 9.53. The summed E-state index contributed by atoms with van der Waals surface area (Å²) in [6, 6.07) is 0. The molecule has 0 spiro atoms. The van der Waals surface area contributed by atoms with Crippen molar-refractivity contribution in [2.45, 2.75) is 58.8 Å². The van der Waals surface area contributed by atoms with Crippen molar-refractivity contribution in [3.8, 4) is 0 Å². The molecule has 0 amide bonds. The van der Waals surface area contributed by atoms with E-state index in [0.717, 1.165) is 12.3 Å². The zero-order valence-corrected chi connectivity index (χ0v) is 12.3. The standard InChI is InChI=1S/C16H25Cl/c1-5-6-12-7-8-13-15(2,3)14(17)9-10-16(13,4)11-12/h5-6,11,13-14H,7-10H2,1-4H3/b6-5+/t13-,14-,16+/m0/s1. The number of alkyl halides is 1. The number of allylic oxidation sites excluding steroid dienone is 4. The average molecular weight is 253 g/mol. The van der Waals surface area contributed by atoms with E-state index in [4.69, 9.17) is 11.6 Å². The van der Waals surface area contributed by atoms with Gasteiger partial charge in [0.05, 0.1) is 0 Å². The van der Waals surface area contributed by atoms with E-state index in [1.165, 1.54) is 24.8 Å². The van der Waals surface area contributed by atoms with Crippen LogP contribution in [-0.2, 0) is 0 Å². The number of hydrogen-bond acceptors (Lipinski definition) is 0. The maximum atomic E-state index is 6.55. The number of fused-ring (bicyclic) bond motifs is 1. The summed E-state index contributed by atoms with van der Waals surface area (Å²) >= 11 is 6.55. The normalized spacial score (nSPS) is 41.1. The van der Waals surface area contributed by atoms with E-state index >= 15 is 0 Å². The van der Waals surface area contributed by atoms with E-state index < -0.39 is 0 Å². The van der Waals surface area contributed by atoms with Crippen LogP contribution in [-0.4, -0.2) is 5.38 Å². The Kier molecular flexibility index (Phi) is 3.47. The average Bonchev–Trinajstić information content (AvgIpc) is 2.24. The van der Waals surface area contributed by atoms with Crippen LogP contribution in [0.2, 0.25) is 0 Å². The lowest BCUT2D eigenvalue weighted by Crippen LogP contribution is -2.48. The molecule has 1 fully saturated rings. The van der Waals surface area contributed by atoms with Gasteiger partial charge in [-0.2, -0.15) is 0 Å². The Labute approximate surface area is 111 Å². The molecule has 0 aromatic carbocycles. The van der Waals surface area contributed by atoms with Crippen LogP contribution >= 0.6 is 11.6 Å². The zero-order valence-electron chi connectivity index (χ0n) is 11.6. The molecule has 0 aromatic rings. The van der Waals surface area contributed by atoms with Crippen LogP contribution in [0.15, 0.2) is 23.8 Å². The largest absolute Gasteiger partial charge is 0.122 e. The Balaban J connectivity index is 2.33. The first kappa shape index (κ1) is 13.2. The minimum Gasteiger partial charge on any atom is -0.122 e. The second kappa shape index (κ2) is 4.46. The van der Waals surface area contributed by atoms with Gasteiger partial charge in [0.1, 0.15) is 0 Å². The third-order valence-electron chi connectivity index (χ3n) is 5.06. The topological polar surface area (TPSA) is 0 Å². The molecule has 1 heteroatoms. The first-order valence-electron chi connectivity index (χ1n) is 6.88. The number of rotatable bonds is 1. The molecule has 0 aliphatic heterocycles. The van der Waals surface area contributed by atoms with Gasteiger partial charge in [0.25, 0.3) is 0 Å². The maximum Gasteiger partial charge on any atom is 0.0390 e. The van der Waals surface area contributed by atoms with Crippen LogP contribution in [0.3, 0.4) is 0 Å². The summed E-state index contributed by atoms with van der Waals surface area (Å²) in [4.78, 5) is 0. The van der Waals surface area contributed by atoms with Gasteiger partial charge in [0, 0.05) is 5.38 Å². The molecule has 2 rings (SSSR count). The van der Waals surface area contributed by atoms with Crippen molar-refractivity contribution in [3.05, 3.63) is 23.8 Å². The highest BCUT2D eigenvalue weighted by molar-refractivity contribution is 6.21. The van der Waals surface area contributed by atoms with Gasteiger partial charge in [-0.05, 0) is 49.4 Å². The molecule has 2 aliphatic carbocycles. The smallest absolute Gasteiger partial charge is 0.0390 e. The first-order chi connectivity index (χ1) is 7.90. The van der Waals surface area contributed by atoms with E-state index in [9.17, 15) is 0 Å². The van der Waals surface area contributed by atoms with Gasteiger partial charge in [-0.25, -0.2) is 0 Å². The zero-order chi connectivity index (χ0) is 12.7. The van der Waals surface area contributed by atoms with E-state index in [1.54, 1.807) is 0 Å². The lowest BCUT2D eigenvalue weighted by molar-refractivity contribution is 0.0262. The minimum atomic E-state index is 0.270. The summed E-state index contributed by atoms with van der Waals surface area (Å²) in [5.74, 6) is 0.736. The Morgan fingerprint density at radius 1 is 1.29 bits per heavy atom. The van der Waals surface area contributed by atoms with Crippen LogP contribution in [0.1, 0.15) is 53.4 Å². The number of halogens is 1. The summed E-state index contributed by atoms with van der Waals surface area (Å²) in [5.41, 5.74) is 2.16. The highest BCUT2D eigenvalue weighted by atomic mass is 35.5. The second-order valence-corrected chi connectivity index (χ2v) is 7.17. The van der Waals surface area contributed by atoms with Gasteiger partial charge in [-0.1, -0.05) is 44.6 Å². The third kappa shape index (κ3) is 2.21. The predicted octanol–water partition coefficient (Wildman–Crippen LogP) is 5.33. The van der Waals surface area contributed by atoms with Gasteiger partial charge in [0.2, 0.25) is 0 Å². The van der Waals surface area contributed by atoms with Crippen LogP contribution in [0.25, 0.3) is 0 Å². The van der Waals surface area contributed by atoms with E-state index in [1.807, 2.05) is 0 Å². The van der Waals surface area contributed by atoms with Gasteiger partial charge in [-0.3, -0.25) is 0 Å². The molecule has 0 unspecified atom stereocenters. The summed E-state index contributed by atoms with van der Waals surface area (Å²) in [6.45, 7) is 9.27. The third-order valence-corrected chi connectivity index (χ3v) is 5.84. The fourth-order valence-electron chi connectivity index (χ4n) is 4.08. The fraction of sp³-hybridized carbons (Fsp3) is 0.750. The monoisotopic (exact) mass is 252 g/mol. The molecule has 3 atom stereocenters. The number of hydrogen-bond donors (Lipinski definition) is 0. The van der Waals surface area contributed by atoms with Crippen molar-refractivity contribution in [2.75, 3.05) is 0 Å². The molecular weight excluding hydrogens is 228 g/mol. The molecule has 0 radical (unpaired) electrons.